The summed E-state index contributed by atoms with van der Waals surface area (Å²) in [6.45, 7) is 2.01. The van der Waals surface area contributed by atoms with Gasteiger partial charge in [0.2, 0.25) is 0 Å². The Balaban J connectivity index is 2.13. The molecular formula is C16H16Cl2O. The number of rotatable bonds is 4. The lowest BCUT2D eigenvalue weighted by Gasteiger charge is -2.20. The Hall–Kier alpha value is -1.02. The Morgan fingerprint density at radius 2 is 1.68 bits per heavy atom. The molecule has 2 unspecified atom stereocenters. The van der Waals surface area contributed by atoms with Crippen LogP contribution in [0.1, 0.15) is 24.0 Å². The molecule has 1 N–H and O–H groups in total. The molecule has 0 radical (unpaired) electrons. The summed E-state index contributed by atoms with van der Waals surface area (Å²) >= 11 is 12.1. The minimum absolute atomic E-state index is 0.0521. The highest BCUT2D eigenvalue weighted by Crippen LogP contribution is 2.29. The first-order valence-electron chi connectivity index (χ1n) is 6.25. The monoisotopic (exact) mass is 294 g/mol. The van der Waals surface area contributed by atoms with E-state index in [4.69, 9.17) is 23.2 Å². The summed E-state index contributed by atoms with van der Waals surface area (Å²) in [4.78, 5) is 0. The highest BCUT2D eigenvalue weighted by molar-refractivity contribution is 6.42. The fourth-order valence-electron chi connectivity index (χ4n) is 2.09. The third kappa shape index (κ3) is 3.50. The zero-order valence-corrected chi connectivity index (χ0v) is 12.2. The van der Waals surface area contributed by atoms with E-state index in [2.05, 4.69) is 0 Å². The van der Waals surface area contributed by atoms with Crippen LogP contribution < -0.4 is 0 Å². The number of hydrogen-bond donors (Lipinski definition) is 1. The first kappa shape index (κ1) is 14.4. The molecule has 2 aromatic rings. The predicted octanol–water partition coefficient (Wildman–Crippen LogP) is 4.70. The molecule has 0 aliphatic heterocycles. The lowest BCUT2D eigenvalue weighted by atomic mass is 9.91. The van der Waals surface area contributed by atoms with E-state index in [0.29, 0.717) is 16.5 Å². The van der Waals surface area contributed by atoms with Crippen LogP contribution in [0.4, 0.5) is 0 Å². The van der Waals surface area contributed by atoms with Crippen molar-refractivity contribution in [2.75, 3.05) is 0 Å². The van der Waals surface area contributed by atoms with E-state index >= 15 is 0 Å². The van der Waals surface area contributed by atoms with Crippen LogP contribution >= 0.6 is 23.2 Å². The largest absolute Gasteiger partial charge is 0.392 e. The van der Waals surface area contributed by atoms with Crippen LogP contribution in [-0.4, -0.2) is 11.2 Å². The van der Waals surface area contributed by atoms with E-state index in [0.717, 1.165) is 11.1 Å². The van der Waals surface area contributed by atoms with Crippen LogP contribution in [0.2, 0.25) is 10.0 Å². The predicted molar refractivity (Wildman–Crippen MR) is 81.0 cm³/mol. The zero-order valence-electron chi connectivity index (χ0n) is 10.7. The van der Waals surface area contributed by atoms with Crippen molar-refractivity contribution in [1.29, 1.82) is 0 Å². The summed E-state index contributed by atoms with van der Waals surface area (Å²) in [7, 11) is 0. The minimum atomic E-state index is -0.488. The van der Waals surface area contributed by atoms with Gasteiger partial charge in [0.25, 0.3) is 0 Å². The second kappa shape index (κ2) is 6.42. The third-order valence-corrected chi connectivity index (χ3v) is 4.22. The normalized spacial score (nSPS) is 14.1. The topological polar surface area (TPSA) is 20.2 Å². The van der Waals surface area contributed by atoms with Crippen LogP contribution in [0.25, 0.3) is 0 Å². The summed E-state index contributed by atoms with van der Waals surface area (Å²) in [5, 5.41) is 11.4. The molecule has 0 aromatic heterocycles. The first-order valence-corrected chi connectivity index (χ1v) is 7.01. The van der Waals surface area contributed by atoms with Crippen LogP contribution in [0, 0.1) is 0 Å². The number of aliphatic hydroxyl groups excluding tert-OH is 1. The smallest absolute Gasteiger partial charge is 0.0646 e. The van der Waals surface area contributed by atoms with E-state index in [-0.39, 0.29) is 5.92 Å². The minimum Gasteiger partial charge on any atom is -0.392 e. The summed E-state index contributed by atoms with van der Waals surface area (Å²) < 4.78 is 0. The number of benzene rings is 2. The van der Waals surface area contributed by atoms with E-state index < -0.39 is 6.10 Å². The molecule has 1 nitrogen and oxygen atoms in total. The van der Waals surface area contributed by atoms with Crippen molar-refractivity contribution in [1.82, 2.24) is 0 Å². The quantitative estimate of drug-likeness (QED) is 0.866. The van der Waals surface area contributed by atoms with Crippen molar-refractivity contribution < 1.29 is 5.11 Å². The fourth-order valence-corrected chi connectivity index (χ4v) is 2.48. The van der Waals surface area contributed by atoms with Crippen LogP contribution in [0.3, 0.4) is 0 Å². The zero-order chi connectivity index (χ0) is 13.8. The van der Waals surface area contributed by atoms with Crippen molar-refractivity contribution in [3.63, 3.8) is 0 Å². The number of halogens is 2. The lowest BCUT2D eigenvalue weighted by Crippen LogP contribution is -2.19. The Morgan fingerprint density at radius 3 is 2.37 bits per heavy atom. The highest BCUT2D eigenvalue weighted by atomic mass is 35.5. The molecule has 0 aliphatic carbocycles. The second-order valence-corrected chi connectivity index (χ2v) is 5.47. The van der Waals surface area contributed by atoms with Crippen molar-refractivity contribution in [3.8, 4) is 0 Å². The maximum absolute atomic E-state index is 10.3. The molecule has 2 atom stereocenters. The number of aliphatic hydroxyl groups is 1. The van der Waals surface area contributed by atoms with E-state index in [1.807, 2.05) is 49.4 Å². The van der Waals surface area contributed by atoms with Gasteiger partial charge in [-0.15, -0.1) is 0 Å². The van der Waals surface area contributed by atoms with Crippen molar-refractivity contribution in [2.24, 2.45) is 0 Å². The van der Waals surface area contributed by atoms with Gasteiger partial charge in [0, 0.05) is 12.3 Å². The van der Waals surface area contributed by atoms with Gasteiger partial charge < -0.3 is 5.11 Å². The Morgan fingerprint density at radius 1 is 1.00 bits per heavy atom. The lowest BCUT2D eigenvalue weighted by molar-refractivity contribution is 0.149. The van der Waals surface area contributed by atoms with Gasteiger partial charge in [0.1, 0.15) is 0 Å². The van der Waals surface area contributed by atoms with Gasteiger partial charge in [0.15, 0.2) is 0 Å². The SMILES string of the molecule is CC(c1ccccc1)C(O)Cc1cccc(Cl)c1Cl. The average Bonchev–Trinajstić information content (AvgIpc) is 2.44. The maximum atomic E-state index is 10.3. The Labute approximate surface area is 123 Å². The molecule has 3 heteroatoms. The van der Waals surface area contributed by atoms with Crippen molar-refractivity contribution >= 4 is 23.2 Å². The molecule has 2 aromatic carbocycles. The fraction of sp³-hybridized carbons (Fsp3) is 0.250. The van der Waals surface area contributed by atoms with E-state index in [1.54, 1.807) is 6.07 Å². The molecule has 0 spiro atoms. The number of hydrogen-bond acceptors (Lipinski definition) is 1. The third-order valence-electron chi connectivity index (χ3n) is 3.36. The molecule has 0 heterocycles. The summed E-state index contributed by atoms with van der Waals surface area (Å²) in [6.07, 6.45) is 0.00787. The second-order valence-electron chi connectivity index (χ2n) is 4.68. The van der Waals surface area contributed by atoms with Crippen LogP contribution in [-0.2, 0) is 6.42 Å². The first-order chi connectivity index (χ1) is 9.09. The molecule has 0 aliphatic rings. The van der Waals surface area contributed by atoms with E-state index in [9.17, 15) is 5.11 Å². The van der Waals surface area contributed by atoms with Gasteiger partial charge >= 0.3 is 0 Å². The van der Waals surface area contributed by atoms with Gasteiger partial charge in [-0.3, -0.25) is 0 Å². The van der Waals surface area contributed by atoms with Gasteiger partial charge in [-0.1, -0.05) is 72.6 Å². The molecular weight excluding hydrogens is 279 g/mol. The molecule has 0 saturated carbocycles. The Bertz CT molecular complexity index is 540. The molecule has 0 amide bonds. The van der Waals surface area contributed by atoms with Crippen LogP contribution in [0.5, 0.6) is 0 Å². The standard InChI is InChI=1S/C16H16Cl2O/c1-11(12-6-3-2-4-7-12)15(19)10-13-8-5-9-14(17)16(13)18/h2-9,11,15,19H,10H2,1H3. The molecule has 0 bridgehead atoms. The molecule has 0 saturated heterocycles. The van der Waals surface area contributed by atoms with E-state index in [1.165, 1.54) is 0 Å². The van der Waals surface area contributed by atoms with Gasteiger partial charge in [-0.2, -0.15) is 0 Å². The summed E-state index contributed by atoms with van der Waals surface area (Å²) in [5.41, 5.74) is 2.00. The highest BCUT2D eigenvalue weighted by Gasteiger charge is 2.18. The molecule has 2 rings (SSSR count). The van der Waals surface area contributed by atoms with Crippen LogP contribution in [0.15, 0.2) is 48.5 Å². The summed E-state index contributed by atoms with van der Waals surface area (Å²) in [6, 6.07) is 15.5. The molecule has 100 valence electrons. The maximum Gasteiger partial charge on any atom is 0.0646 e. The average molecular weight is 295 g/mol. The van der Waals surface area contributed by atoms with Crippen molar-refractivity contribution in [2.45, 2.75) is 25.4 Å². The van der Waals surface area contributed by atoms with Gasteiger partial charge in [-0.05, 0) is 17.2 Å². The molecule has 0 fully saturated rings. The molecule has 19 heavy (non-hydrogen) atoms. The van der Waals surface area contributed by atoms with Crippen molar-refractivity contribution in [3.05, 3.63) is 69.7 Å². The van der Waals surface area contributed by atoms with Gasteiger partial charge in [0.05, 0.1) is 16.1 Å². The summed E-state index contributed by atoms with van der Waals surface area (Å²) in [5.74, 6) is 0.0521. The Kier molecular flexibility index (Phi) is 4.87. The van der Waals surface area contributed by atoms with Gasteiger partial charge in [-0.25, -0.2) is 0 Å².